The predicted octanol–water partition coefficient (Wildman–Crippen LogP) is 6.29. The van der Waals surface area contributed by atoms with E-state index in [9.17, 15) is 10.5 Å². The molecule has 0 spiro atoms. The molecule has 0 heterocycles. The van der Waals surface area contributed by atoms with E-state index < -0.39 is 0 Å². The Hall–Kier alpha value is -5.34. The molecule has 0 saturated carbocycles. The molecule has 0 atom stereocenters. The van der Waals surface area contributed by atoms with Crippen molar-refractivity contribution in [2.75, 3.05) is 37.3 Å². The molecule has 4 rings (SSSR count). The van der Waals surface area contributed by atoms with Crippen LogP contribution in [0.25, 0.3) is 0 Å². The van der Waals surface area contributed by atoms with Gasteiger partial charge in [-0.3, -0.25) is 0 Å². The number of methoxy groups -OCH3 is 3. The molecule has 0 aliphatic carbocycles. The molecular weight excluding hydrogens is 502 g/mol. The van der Waals surface area contributed by atoms with Crippen LogP contribution >= 0.6 is 0 Å². The molecule has 0 aromatic heterocycles. The number of benzene rings is 4. The molecule has 0 radical (unpaired) electrons. The third-order valence-electron chi connectivity index (χ3n) is 6.46. The normalized spacial score (nSPS) is 10.1. The molecule has 202 valence electrons. The predicted molar refractivity (Wildman–Crippen MR) is 157 cm³/mol. The van der Waals surface area contributed by atoms with Crippen LogP contribution in [0, 0.1) is 22.7 Å². The molecule has 0 aliphatic rings. The van der Waals surface area contributed by atoms with Crippen LogP contribution in [0.15, 0.2) is 78.9 Å². The summed E-state index contributed by atoms with van der Waals surface area (Å²) >= 11 is 0. The lowest BCUT2D eigenvalue weighted by atomic mass is 10.0. The Morgan fingerprint density at radius 1 is 0.550 bits per heavy atom. The van der Waals surface area contributed by atoms with Crippen molar-refractivity contribution in [2.24, 2.45) is 0 Å². The summed E-state index contributed by atoms with van der Waals surface area (Å²) in [7, 11) is 4.88. The minimum atomic E-state index is 0.360. The molecule has 4 aromatic carbocycles. The van der Waals surface area contributed by atoms with Gasteiger partial charge in [-0.15, -0.1) is 0 Å². The fourth-order valence-corrected chi connectivity index (χ4v) is 4.20. The number of ether oxygens (including phenoxy) is 3. The lowest BCUT2D eigenvalue weighted by molar-refractivity contribution is 0.414. The highest BCUT2D eigenvalue weighted by atomic mass is 16.5. The molecule has 0 unspecified atom stereocenters. The SMILES string of the molecule is COc1ccc(CNc2cc(C#N)c(NCc3ccc(OC)cc3)c(C#N)c2NCc2ccc(OC)cc2)cc1. The zero-order valence-corrected chi connectivity index (χ0v) is 22.7. The molecule has 8 nitrogen and oxygen atoms in total. The van der Waals surface area contributed by atoms with Gasteiger partial charge in [0.1, 0.15) is 35.0 Å². The quantitative estimate of drug-likeness (QED) is 0.195. The maximum atomic E-state index is 10.3. The molecule has 0 saturated heterocycles. The molecule has 0 amide bonds. The second kappa shape index (κ2) is 13.5. The van der Waals surface area contributed by atoms with Crippen LogP contribution in [-0.4, -0.2) is 21.3 Å². The summed E-state index contributed by atoms with van der Waals surface area (Å²) in [6.45, 7) is 1.40. The van der Waals surface area contributed by atoms with Gasteiger partial charge in [0.25, 0.3) is 0 Å². The molecule has 0 aliphatic heterocycles. The van der Waals surface area contributed by atoms with Crippen molar-refractivity contribution in [3.05, 3.63) is 107 Å². The second-order valence-corrected chi connectivity index (χ2v) is 8.93. The highest BCUT2D eigenvalue weighted by molar-refractivity contribution is 5.86. The number of nitriles is 2. The smallest absolute Gasteiger partial charge is 0.118 e. The highest BCUT2D eigenvalue weighted by Gasteiger charge is 2.19. The fraction of sp³-hybridized carbons (Fsp3) is 0.188. The van der Waals surface area contributed by atoms with Crippen LogP contribution in [-0.2, 0) is 19.6 Å². The average molecular weight is 534 g/mol. The van der Waals surface area contributed by atoms with Crippen molar-refractivity contribution in [1.29, 1.82) is 10.5 Å². The van der Waals surface area contributed by atoms with Crippen molar-refractivity contribution in [2.45, 2.75) is 19.6 Å². The van der Waals surface area contributed by atoms with Crippen molar-refractivity contribution in [1.82, 2.24) is 0 Å². The maximum Gasteiger partial charge on any atom is 0.118 e. The van der Waals surface area contributed by atoms with Gasteiger partial charge in [0.15, 0.2) is 0 Å². The van der Waals surface area contributed by atoms with Gasteiger partial charge >= 0.3 is 0 Å². The van der Waals surface area contributed by atoms with Crippen LogP contribution in [0.3, 0.4) is 0 Å². The average Bonchev–Trinajstić information content (AvgIpc) is 3.02. The molecule has 0 fully saturated rings. The Balaban J connectivity index is 1.66. The maximum absolute atomic E-state index is 10.3. The Bertz CT molecular complexity index is 1500. The molecule has 3 N–H and O–H groups in total. The van der Waals surface area contributed by atoms with Gasteiger partial charge in [-0.2, -0.15) is 10.5 Å². The van der Waals surface area contributed by atoms with Crippen molar-refractivity contribution >= 4 is 17.1 Å². The number of nitrogens with one attached hydrogen (secondary N) is 3. The van der Waals surface area contributed by atoms with E-state index in [4.69, 9.17) is 14.2 Å². The van der Waals surface area contributed by atoms with E-state index in [2.05, 4.69) is 28.1 Å². The summed E-state index contributed by atoms with van der Waals surface area (Å²) in [5.41, 5.74) is 5.52. The lowest BCUT2D eigenvalue weighted by Gasteiger charge is -2.20. The Kier molecular flexibility index (Phi) is 9.31. The van der Waals surface area contributed by atoms with E-state index in [-0.39, 0.29) is 0 Å². The van der Waals surface area contributed by atoms with E-state index in [0.717, 1.165) is 33.9 Å². The fourth-order valence-electron chi connectivity index (χ4n) is 4.20. The summed E-state index contributed by atoms with van der Waals surface area (Å²) < 4.78 is 15.8. The number of nitrogens with zero attached hydrogens (tertiary/aromatic N) is 2. The monoisotopic (exact) mass is 533 g/mol. The van der Waals surface area contributed by atoms with Gasteiger partial charge < -0.3 is 30.2 Å². The van der Waals surface area contributed by atoms with E-state index >= 15 is 0 Å². The Morgan fingerprint density at radius 3 is 1.32 bits per heavy atom. The minimum absolute atomic E-state index is 0.360. The Morgan fingerprint density at radius 2 is 0.950 bits per heavy atom. The van der Waals surface area contributed by atoms with E-state index in [1.807, 2.05) is 72.8 Å². The van der Waals surface area contributed by atoms with Gasteiger partial charge in [0, 0.05) is 19.6 Å². The standard InChI is InChI=1S/C32H31N5O3/c1-38-26-10-4-22(5-11-26)19-35-30-16-25(17-33)31(36-20-23-6-12-27(39-2)13-7-23)29(18-34)32(30)37-21-24-8-14-28(40-3)15-9-24/h4-16,35-37H,19-21H2,1-3H3. The zero-order valence-electron chi connectivity index (χ0n) is 22.7. The summed E-state index contributed by atoms with van der Waals surface area (Å²) in [4.78, 5) is 0. The summed E-state index contributed by atoms with van der Waals surface area (Å²) in [5, 5.41) is 30.5. The van der Waals surface area contributed by atoms with Gasteiger partial charge in [0.2, 0.25) is 0 Å². The van der Waals surface area contributed by atoms with Crippen LogP contribution in [0.5, 0.6) is 17.2 Å². The first-order valence-corrected chi connectivity index (χ1v) is 12.7. The molecule has 8 heteroatoms. The lowest BCUT2D eigenvalue weighted by Crippen LogP contribution is -2.11. The largest absolute Gasteiger partial charge is 0.497 e. The van der Waals surface area contributed by atoms with Gasteiger partial charge in [0.05, 0.1) is 44.0 Å². The number of rotatable bonds is 12. The van der Waals surface area contributed by atoms with Crippen LogP contribution in [0.4, 0.5) is 17.1 Å². The molecular formula is C32H31N5O3. The second-order valence-electron chi connectivity index (χ2n) is 8.93. The first-order chi connectivity index (χ1) is 19.6. The van der Waals surface area contributed by atoms with Crippen molar-refractivity contribution in [3.8, 4) is 29.4 Å². The van der Waals surface area contributed by atoms with Gasteiger partial charge in [-0.1, -0.05) is 36.4 Å². The van der Waals surface area contributed by atoms with Crippen molar-refractivity contribution in [3.63, 3.8) is 0 Å². The number of hydrogen-bond donors (Lipinski definition) is 3. The topological polar surface area (TPSA) is 111 Å². The number of anilines is 3. The third kappa shape index (κ3) is 6.75. The molecule has 40 heavy (non-hydrogen) atoms. The Labute approximate surface area is 234 Å². The van der Waals surface area contributed by atoms with Gasteiger partial charge in [-0.25, -0.2) is 0 Å². The van der Waals surface area contributed by atoms with E-state index in [1.54, 1.807) is 27.4 Å². The summed E-state index contributed by atoms with van der Waals surface area (Å²) in [5.74, 6) is 2.31. The highest BCUT2D eigenvalue weighted by Crippen LogP contribution is 2.36. The summed E-state index contributed by atoms with van der Waals surface area (Å²) in [6, 6.07) is 29.5. The van der Waals surface area contributed by atoms with Gasteiger partial charge in [-0.05, 0) is 59.2 Å². The molecule has 0 bridgehead atoms. The van der Waals surface area contributed by atoms with Crippen LogP contribution in [0.1, 0.15) is 27.8 Å². The third-order valence-corrected chi connectivity index (χ3v) is 6.46. The van der Waals surface area contributed by atoms with E-state index in [0.29, 0.717) is 47.8 Å². The first kappa shape index (κ1) is 27.7. The molecule has 4 aromatic rings. The minimum Gasteiger partial charge on any atom is -0.497 e. The number of hydrogen-bond acceptors (Lipinski definition) is 8. The van der Waals surface area contributed by atoms with Crippen molar-refractivity contribution < 1.29 is 14.2 Å². The van der Waals surface area contributed by atoms with Crippen LogP contribution in [0.2, 0.25) is 0 Å². The summed E-state index contributed by atoms with van der Waals surface area (Å²) in [6.07, 6.45) is 0. The van der Waals surface area contributed by atoms with E-state index in [1.165, 1.54) is 0 Å². The first-order valence-electron chi connectivity index (χ1n) is 12.7. The van der Waals surface area contributed by atoms with Crippen LogP contribution < -0.4 is 30.2 Å². The zero-order chi connectivity index (χ0) is 28.3.